The average molecular weight is 314 g/mol. The number of likely N-dealkylation sites (tertiary alicyclic amines) is 1. The Morgan fingerprint density at radius 2 is 2.10 bits per heavy atom. The Labute approximate surface area is 131 Å². The van der Waals surface area contributed by atoms with Crippen LogP contribution in [0.25, 0.3) is 0 Å². The Morgan fingerprint density at radius 1 is 1.30 bits per heavy atom. The van der Waals surface area contributed by atoms with E-state index in [1.807, 2.05) is 0 Å². The third kappa shape index (κ3) is 3.97. The highest BCUT2D eigenvalue weighted by molar-refractivity contribution is 6.43. The zero-order valence-corrected chi connectivity index (χ0v) is 13.4. The van der Waals surface area contributed by atoms with Crippen molar-refractivity contribution in [1.29, 1.82) is 0 Å². The van der Waals surface area contributed by atoms with Crippen LogP contribution in [0.5, 0.6) is 0 Å². The molecule has 2 rings (SSSR count). The minimum absolute atomic E-state index is 0.0777. The first-order valence-electron chi connectivity index (χ1n) is 7.31. The lowest BCUT2D eigenvalue weighted by atomic mass is 10.1. The van der Waals surface area contributed by atoms with Gasteiger partial charge in [0.25, 0.3) is 0 Å². The molecular weight excluding hydrogens is 293 g/mol. The van der Waals surface area contributed by atoms with E-state index in [2.05, 4.69) is 11.8 Å². The molecule has 0 amide bonds. The first-order valence-corrected chi connectivity index (χ1v) is 8.06. The second-order valence-electron chi connectivity index (χ2n) is 5.51. The molecule has 110 valence electrons. The summed E-state index contributed by atoms with van der Waals surface area (Å²) in [6.07, 6.45) is 5.56. The summed E-state index contributed by atoms with van der Waals surface area (Å²) in [6, 6.07) is 5.80. The molecule has 1 heterocycles. The number of carbonyl (C=O) groups is 1. The molecule has 0 saturated carbocycles. The van der Waals surface area contributed by atoms with Crippen molar-refractivity contribution in [3.63, 3.8) is 0 Å². The highest BCUT2D eigenvalue weighted by Crippen LogP contribution is 2.26. The van der Waals surface area contributed by atoms with Gasteiger partial charge in [-0.15, -0.1) is 0 Å². The van der Waals surface area contributed by atoms with Crippen LogP contribution in [0.2, 0.25) is 10.0 Å². The van der Waals surface area contributed by atoms with E-state index in [1.165, 1.54) is 25.7 Å². The molecule has 0 spiro atoms. The zero-order chi connectivity index (χ0) is 14.5. The summed E-state index contributed by atoms with van der Waals surface area (Å²) in [5, 5.41) is 0.823. The second kappa shape index (κ2) is 7.44. The fraction of sp³-hybridized carbons (Fsp3) is 0.562. The van der Waals surface area contributed by atoms with E-state index in [1.54, 1.807) is 18.2 Å². The first-order chi connectivity index (χ1) is 9.59. The molecule has 1 aromatic rings. The van der Waals surface area contributed by atoms with Gasteiger partial charge in [-0.05, 0) is 38.4 Å². The normalized spacial score (nSPS) is 20.6. The number of ketones is 1. The van der Waals surface area contributed by atoms with E-state index < -0.39 is 0 Å². The van der Waals surface area contributed by atoms with Gasteiger partial charge in [0.05, 0.1) is 10.0 Å². The molecule has 1 aliphatic heterocycles. The average Bonchev–Trinajstić information content (AvgIpc) is 2.64. The Morgan fingerprint density at radius 3 is 2.90 bits per heavy atom. The van der Waals surface area contributed by atoms with Crippen LogP contribution in [-0.4, -0.2) is 29.8 Å². The Kier molecular flexibility index (Phi) is 5.88. The number of carbonyl (C=O) groups excluding carboxylic acids is 1. The predicted molar refractivity (Wildman–Crippen MR) is 84.9 cm³/mol. The number of Topliss-reactive ketones (excluding diaryl/α,β-unsaturated/α-hetero) is 1. The number of nitrogens with zero attached hydrogens (tertiary/aromatic N) is 1. The standard InChI is InChI=1S/C16H21Cl2NO/c1-12-6-3-2-4-10-19(12)11-9-15(20)13-7-5-8-14(17)16(13)18/h5,7-8,12H,2-4,6,9-11H2,1H3. The van der Waals surface area contributed by atoms with Crippen LogP contribution < -0.4 is 0 Å². The van der Waals surface area contributed by atoms with Gasteiger partial charge in [-0.2, -0.15) is 0 Å². The number of hydrogen-bond donors (Lipinski definition) is 0. The Balaban J connectivity index is 1.96. The van der Waals surface area contributed by atoms with Gasteiger partial charge in [0.15, 0.2) is 5.78 Å². The third-order valence-electron chi connectivity index (χ3n) is 4.07. The fourth-order valence-corrected chi connectivity index (χ4v) is 3.17. The van der Waals surface area contributed by atoms with E-state index in [9.17, 15) is 4.79 Å². The SMILES string of the molecule is CC1CCCCCN1CCC(=O)c1cccc(Cl)c1Cl. The molecule has 1 fully saturated rings. The summed E-state index contributed by atoms with van der Waals surface area (Å²) in [6.45, 7) is 4.16. The van der Waals surface area contributed by atoms with Crippen molar-refractivity contribution in [3.8, 4) is 0 Å². The van der Waals surface area contributed by atoms with E-state index >= 15 is 0 Å². The van der Waals surface area contributed by atoms with Crippen molar-refractivity contribution >= 4 is 29.0 Å². The molecule has 0 bridgehead atoms. The predicted octanol–water partition coefficient (Wildman–Crippen LogP) is 4.83. The van der Waals surface area contributed by atoms with E-state index in [0.717, 1.165) is 13.1 Å². The van der Waals surface area contributed by atoms with Gasteiger partial charge < -0.3 is 4.90 Å². The van der Waals surface area contributed by atoms with Gasteiger partial charge in [-0.25, -0.2) is 0 Å². The summed E-state index contributed by atoms with van der Waals surface area (Å²) in [5.41, 5.74) is 0.543. The number of benzene rings is 1. The minimum atomic E-state index is 0.0777. The lowest BCUT2D eigenvalue weighted by Crippen LogP contribution is -2.34. The maximum absolute atomic E-state index is 12.3. The Hall–Kier alpha value is -0.570. The van der Waals surface area contributed by atoms with Crippen molar-refractivity contribution in [2.45, 2.75) is 45.1 Å². The summed E-state index contributed by atoms with van der Waals surface area (Å²) < 4.78 is 0. The maximum Gasteiger partial charge on any atom is 0.165 e. The zero-order valence-electron chi connectivity index (χ0n) is 11.9. The van der Waals surface area contributed by atoms with Crippen molar-refractivity contribution in [2.75, 3.05) is 13.1 Å². The summed E-state index contributed by atoms with van der Waals surface area (Å²) in [4.78, 5) is 14.7. The van der Waals surface area contributed by atoms with Crippen LogP contribution in [0.4, 0.5) is 0 Å². The van der Waals surface area contributed by atoms with Gasteiger partial charge in [0.2, 0.25) is 0 Å². The lowest BCUT2D eigenvalue weighted by molar-refractivity contribution is 0.0954. The number of rotatable bonds is 4. The van der Waals surface area contributed by atoms with Crippen LogP contribution >= 0.6 is 23.2 Å². The third-order valence-corrected chi connectivity index (χ3v) is 4.89. The van der Waals surface area contributed by atoms with Gasteiger partial charge >= 0.3 is 0 Å². The van der Waals surface area contributed by atoms with Gasteiger partial charge in [0, 0.05) is 24.6 Å². The molecule has 4 heteroatoms. The number of halogens is 2. The highest BCUT2D eigenvalue weighted by atomic mass is 35.5. The first kappa shape index (κ1) is 15.8. The molecule has 0 N–H and O–H groups in total. The van der Waals surface area contributed by atoms with Crippen LogP contribution in [0, 0.1) is 0 Å². The van der Waals surface area contributed by atoms with Crippen molar-refractivity contribution < 1.29 is 4.79 Å². The molecule has 2 nitrogen and oxygen atoms in total. The second-order valence-corrected chi connectivity index (χ2v) is 6.29. The molecule has 1 aromatic carbocycles. The van der Waals surface area contributed by atoms with Gasteiger partial charge in [-0.1, -0.05) is 42.1 Å². The molecule has 1 aliphatic rings. The summed E-state index contributed by atoms with van der Waals surface area (Å²) in [7, 11) is 0. The van der Waals surface area contributed by atoms with Crippen molar-refractivity contribution in [3.05, 3.63) is 33.8 Å². The van der Waals surface area contributed by atoms with Gasteiger partial charge in [-0.3, -0.25) is 4.79 Å². The molecule has 0 radical (unpaired) electrons. The molecule has 1 saturated heterocycles. The minimum Gasteiger partial charge on any atom is -0.300 e. The van der Waals surface area contributed by atoms with Crippen LogP contribution in [0.1, 0.15) is 49.4 Å². The molecule has 0 aromatic heterocycles. The van der Waals surface area contributed by atoms with Gasteiger partial charge in [0.1, 0.15) is 0 Å². The van der Waals surface area contributed by atoms with Crippen molar-refractivity contribution in [1.82, 2.24) is 4.90 Å². The van der Waals surface area contributed by atoms with E-state index in [-0.39, 0.29) is 5.78 Å². The van der Waals surface area contributed by atoms with Crippen LogP contribution in [0.15, 0.2) is 18.2 Å². The molecular formula is C16H21Cl2NO. The number of hydrogen-bond acceptors (Lipinski definition) is 2. The highest BCUT2D eigenvalue weighted by Gasteiger charge is 2.19. The van der Waals surface area contributed by atoms with E-state index in [4.69, 9.17) is 23.2 Å². The fourth-order valence-electron chi connectivity index (χ4n) is 2.77. The topological polar surface area (TPSA) is 20.3 Å². The van der Waals surface area contributed by atoms with E-state index in [0.29, 0.717) is 28.1 Å². The summed E-state index contributed by atoms with van der Waals surface area (Å²) >= 11 is 12.1. The quantitative estimate of drug-likeness (QED) is 0.742. The molecule has 1 atom stereocenters. The smallest absolute Gasteiger partial charge is 0.165 e. The maximum atomic E-state index is 12.3. The van der Waals surface area contributed by atoms with Crippen LogP contribution in [-0.2, 0) is 0 Å². The molecule has 1 unspecified atom stereocenters. The Bertz CT molecular complexity index is 476. The largest absolute Gasteiger partial charge is 0.300 e. The lowest BCUT2D eigenvalue weighted by Gasteiger charge is -2.26. The molecule has 20 heavy (non-hydrogen) atoms. The van der Waals surface area contributed by atoms with Crippen molar-refractivity contribution in [2.24, 2.45) is 0 Å². The van der Waals surface area contributed by atoms with Crippen LogP contribution in [0.3, 0.4) is 0 Å². The summed E-state index contributed by atoms with van der Waals surface area (Å²) in [5.74, 6) is 0.0777. The molecule has 0 aliphatic carbocycles. The monoisotopic (exact) mass is 313 g/mol.